The summed E-state index contributed by atoms with van der Waals surface area (Å²) < 4.78 is 1.31. The van der Waals surface area contributed by atoms with Crippen molar-refractivity contribution >= 4 is 25.2 Å². The Balaban J connectivity index is 2.53. The van der Waals surface area contributed by atoms with E-state index < -0.39 is 0 Å². The van der Waals surface area contributed by atoms with Gasteiger partial charge in [0, 0.05) is 0 Å². The van der Waals surface area contributed by atoms with E-state index in [4.69, 9.17) is 0 Å². The molecule has 0 fully saturated rings. The van der Waals surface area contributed by atoms with E-state index in [2.05, 4.69) is 31.2 Å². The van der Waals surface area contributed by atoms with Gasteiger partial charge >= 0.3 is 79.0 Å². The first-order valence-corrected chi connectivity index (χ1v) is 5.94. The van der Waals surface area contributed by atoms with Crippen LogP contribution in [0.15, 0.2) is 24.3 Å². The van der Waals surface area contributed by atoms with Crippen LogP contribution in [0.3, 0.4) is 0 Å². The molecule has 1 nitrogen and oxygen atoms in total. The van der Waals surface area contributed by atoms with Crippen LogP contribution in [0, 0.1) is 6.92 Å². The van der Waals surface area contributed by atoms with Crippen molar-refractivity contribution in [1.29, 1.82) is 0 Å². The van der Waals surface area contributed by atoms with Gasteiger partial charge in [-0.3, -0.25) is 0 Å². The van der Waals surface area contributed by atoms with Gasteiger partial charge in [0.2, 0.25) is 0 Å². The van der Waals surface area contributed by atoms with Crippen LogP contribution >= 0.6 is 0 Å². The standard InChI is InChI=1S/C10H12OSe/c1-8-3-5-10(6-4-8)12-7-9(2)11/h3-6H,7H2,1-2H3. The van der Waals surface area contributed by atoms with Gasteiger partial charge in [0.05, 0.1) is 0 Å². The van der Waals surface area contributed by atoms with Gasteiger partial charge in [-0.15, -0.1) is 0 Å². The molecule has 0 aliphatic carbocycles. The third-order valence-electron chi connectivity index (χ3n) is 1.46. The average Bonchev–Trinajstić information content (AvgIpc) is 2.03. The second kappa shape index (κ2) is 4.44. The number of ketones is 1. The molecule has 0 heterocycles. The second-order valence-electron chi connectivity index (χ2n) is 2.80. The van der Waals surface area contributed by atoms with Crippen molar-refractivity contribution in [3.05, 3.63) is 29.8 Å². The van der Waals surface area contributed by atoms with E-state index in [0.29, 0.717) is 15.0 Å². The number of benzene rings is 1. The van der Waals surface area contributed by atoms with Gasteiger partial charge in [-0.1, -0.05) is 0 Å². The first-order valence-electron chi connectivity index (χ1n) is 3.87. The molecule has 0 atom stereocenters. The Labute approximate surface area is 79.3 Å². The average molecular weight is 227 g/mol. The summed E-state index contributed by atoms with van der Waals surface area (Å²) in [5.74, 6) is 0.288. The molecule has 0 radical (unpaired) electrons. The molecular formula is C10H12OSe. The van der Waals surface area contributed by atoms with Crippen molar-refractivity contribution < 1.29 is 4.79 Å². The Morgan fingerprint density at radius 2 is 1.92 bits per heavy atom. The van der Waals surface area contributed by atoms with Gasteiger partial charge in [-0.05, 0) is 0 Å². The van der Waals surface area contributed by atoms with Gasteiger partial charge in [-0.25, -0.2) is 0 Å². The number of rotatable bonds is 3. The molecule has 0 unspecified atom stereocenters. The zero-order chi connectivity index (χ0) is 8.97. The molecule has 1 aromatic carbocycles. The summed E-state index contributed by atoms with van der Waals surface area (Å²) in [5, 5.41) is 0.718. The van der Waals surface area contributed by atoms with Gasteiger partial charge in [-0.2, -0.15) is 0 Å². The van der Waals surface area contributed by atoms with Gasteiger partial charge in [0.1, 0.15) is 0 Å². The number of carbonyl (C=O) groups excluding carboxylic acids is 1. The number of Topliss-reactive ketones (excluding diaryl/α,β-unsaturated/α-hetero) is 1. The quantitative estimate of drug-likeness (QED) is 0.712. The molecule has 0 saturated carbocycles. The fraction of sp³-hybridized carbons (Fsp3) is 0.300. The van der Waals surface area contributed by atoms with Crippen molar-refractivity contribution in [2.24, 2.45) is 0 Å². The van der Waals surface area contributed by atoms with Gasteiger partial charge in [0.15, 0.2) is 0 Å². The molecule has 2 heteroatoms. The van der Waals surface area contributed by atoms with E-state index >= 15 is 0 Å². The molecule has 0 bridgehead atoms. The SMILES string of the molecule is CC(=O)C[Se]c1ccc(C)cc1. The molecular weight excluding hydrogens is 215 g/mol. The Kier molecular flexibility index (Phi) is 3.51. The van der Waals surface area contributed by atoms with Crippen molar-refractivity contribution in [2.75, 3.05) is 0 Å². The fourth-order valence-corrected chi connectivity index (χ4v) is 2.28. The van der Waals surface area contributed by atoms with E-state index in [1.165, 1.54) is 10.0 Å². The Bertz CT molecular complexity index is 264. The molecule has 0 amide bonds. The number of carbonyl (C=O) groups is 1. The second-order valence-corrected chi connectivity index (χ2v) is 5.00. The summed E-state index contributed by atoms with van der Waals surface area (Å²) in [5.41, 5.74) is 1.28. The molecule has 0 aliphatic rings. The zero-order valence-electron chi connectivity index (χ0n) is 7.33. The van der Waals surface area contributed by atoms with E-state index in [-0.39, 0.29) is 5.78 Å². The molecule has 1 aromatic rings. The number of hydrogen-bond acceptors (Lipinski definition) is 1. The maximum absolute atomic E-state index is 10.7. The van der Waals surface area contributed by atoms with Crippen LogP contribution in [0.1, 0.15) is 12.5 Å². The van der Waals surface area contributed by atoms with Crippen molar-refractivity contribution in [3.8, 4) is 0 Å². The summed E-state index contributed by atoms with van der Waals surface area (Å²) in [6.07, 6.45) is 0. The first-order chi connectivity index (χ1) is 5.68. The van der Waals surface area contributed by atoms with E-state index in [1.54, 1.807) is 6.92 Å². The first kappa shape index (κ1) is 9.50. The van der Waals surface area contributed by atoms with Gasteiger partial charge in [0.25, 0.3) is 0 Å². The molecule has 0 aliphatic heterocycles. The predicted molar refractivity (Wildman–Crippen MR) is 52.1 cm³/mol. The molecule has 12 heavy (non-hydrogen) atoms. The van der Waals surface area contributed by atoms with Gasteiger partial charge < -0.3 is 0 Å². The molecule has 0 aromatic heterocycles. The molecule has 0 spiro atoms. The van der Waals surface area contributed by atoms with Crippen molar-refractivity contribution in [3.63, 3.8) is 0 Å². The summed E-state index contributed by atoms with van der Waals surface area (Å²) in [6, 6.07) is 8.41. The molecule has 0 N–H and O–H groups in total. The third kappa shape index (κ3) is 3.20. The van der Waals surface area contributed by atoms with Crippen LogP contribution in [-0.4, -0.2) is 20.7 Å². The Morgan fingerprint density at radius 1 is 1.33 bits per heavy atom. The summed E-state index contributed by atoms with van der Waals surface area (Å²) >= 11 is 0.333. The minimum atomic E-state index is 0.288. The Morgan fingerprint density at radius 3 is 2.42 bits per heavy atom. The monoisotopic (exact) mass is 228 g/mol. The molecule has 1 rings (SSSR count). The number of aryl methyl sites for hydroxylation is 1. The number of hydrogen-bond donors (Lipinski definition) is 0. The van der Waals surface area contributed by atoms with E-state index in [9.17, 15) is 4.79 Å². The van der Waals surface area contributed by atoms with Crippen LogP contribution in [0.5, 0.6) is 0 Å². The summed E-state index contributed by atoms with van der Waals surface area (Å²) in [7, 11) is 0. The Hall–Kier alpha value is -0.591. The third-order valence-corrected chi connectivity index (χ3v) is 3.89. The van der Waals surface area contributed by atoms with Crippen LogP contribution in [0.25, 0.3) is 0 Å². The van der Waals surface area contributed by atoms with E-state index in [1.807, 2.05) is 0 Å². The topological polar surface area (TPSA) is 17.1 Å². The molecule has 64 valence electrons. The van der Waals surface area contributed by atoms with Crippen LogP contribution in [0.4, 0.5) is 0 Å². The predicted octanol–water partition coefficient (Wildman–Crippen LogP) is 1.33. The summed E-state index contributed by atoms with van der Waals surface area (Å²) in [4.78, 5) is 10.7. The zero-order valence-corrected chi connectivity index (χ0v) is 9.05. The summed E-state index contributed by atoms with van der Waals surface area (Å²) in [6.45, 7) is 3.72. The van der Waals surface area contributed by atoms with Crippen molar-refractivity contribution in [2.45, 2.75) is 19.2 Å². The van der Waals surface area contributed by atoms with E-state index in [0.717, 1.165) is 5.32 Å². The fourth-order valence-electron chi connectivity index (χ4n) is 0.819. The van der Waals surface area contributed by atoms with Crippen LogP contribution < -0.4 is 4.46 Å². The van der Waals surface area contributed by atoms with Crippen LogP contribution in [0.2, 0.25) is 5.32 Å². The van der Waals surface area contributed by atoms with Crippen molar-refractivity contribution in [1.82, 2.24) is 0 Å². The minimum absolute atomic E-state index is 0.288. The molecule has 0 saturated heterocycles. The van der Waals surface area contributed by atoms with Crippen LogP contribution in [-0.2, 0) is 4.79 Å². The normalized spacial score (nSPS) is 9.83. The maximum atomic E-state index is 10.7.